The van der Waals surface area contributed by atoms with E-state index in [1.54, 1.807) is 12.1 Å². The molecule has 1 aliphatic rings. The summed E-state index contributed by atoms with van der Waals surface area (Å²) in [6, 6.07) is 6.68. The molecule has 19 heavy (non-hydrogen) atoms. The maximum atomic E-state index is 11.1. The zero-order valence-electron chi connectivity index (χ0n) is 10.5. The van der Waals surface area contributed by atoms with Crippen LogP contribution in [0.25, 0.3) is 0 Å². The van der Waals surface area contributed by atoms with Gasteiger partial charge in [0, 0.05) is 29.8 Å². The fraction of sp³-hybridized carbons (Fsp3) is 0.462. The predicted molar refractivity (Wildman–Crippen MR) is 71.7 cm³/mol. The Morgan fingerprint density at radius 1 is 1.21 bits per heavy atom. The smallest absolute Gasteiger partial charge is 0.269 e. The second-order valence-electron chi connectivity index (χ2n) is 4.90. The number of amides is 1. The summed E-state index contributed by atoms with van der Waals surface area (Å²) in [7, 11) is 0. The van der Waals surface area contributed by atoms with Gasteiger partial charge in [0.1, 0.15) is 0 Å². The number of nitro groups is 1. The van der Waals surface area contributed by atoms with Crippen LogP contribution in [0, 0.1) is 16.0 Å². The number of nitro benzene ring substituents is 1. The largest absolute Gasteiger partial charge is 0.382 e. The van der Waals surface area contributed by atoms with E-state index in [0.717, 1.165) is 31.4 Å². The average Bonchev–Trinajstić information content (AvgIpc) is 2.40. The number of nitrogens with one attached hydrogen (secondary N) is 1. The lowest BCUT2D eigenvalue weighted by Gasteiger charge is -2.28. The standard InChI is InChI=1S/C13H17N3O3/c14-13(17)9-1-3-10(4-2-9)15-11-5-7-12(8-6-11)16(18)19/h5-10,15H,1-4H2,(H2,14,17). The van der Waals surface area contributed by atoms with Crippen molar-refractivity contribution in [2.24, 2.45) is 11.7 Å². The molecule has 0 heterocycles. The minimum atomic E-state index is -0.415. The van der Waals surface area contributed by atoms with Crippen LogP contribution in [0.1, 0.15) is 25.7 Å². The molecule has 6 heteroatoms. The van der Waals surface area contributed by atoms with E-state index in [9.17, 15) is 14.9 Å². The van der Waals surface area contributed by atoms with Crippen molar-refractivity contribution in [3.63, 3.8) is 0 Å². The van der Waals surface area contributed by atoms with E-state index in [-0.39, 0.29) is 17.5 Å². The van der Waals surface area contributed by atoms with E-state index in [2.05, 4.69) is 5.32 Å². The predicted octanol–water partition coefficient (Wildman–Crippen LogP) is 2.05. The molecular formula is C13H17N3O3. The van der Waals surface area contributed by atoms with Crippen LogP contribution in [0.2, 0.25) is 0 Å². The van der Waals surface area contributed by atoms with Crippen molar-refractivity contribution in [1.82, 2.24) is 0 Å². The van der Waals surface area contributed by atoms with Gasteiger partial charge in [-0.2, -0.15) is 0 Å². The number of carbonyl (C=O) groups is 1. The first-order valence-electron chi connectivity index (χ1n) is 6.36. The first-order chi connectivity index (χ1) is 9.06. The minimum Gasteiger partial charge on any atom is -0.382 e. The second kappa shape index (κ2) is 5.69. The Kier molecular flexibility index (Phi) is 3.99. The third-order valence-electron chi connectivity index (χ3n) is 3.58. The zero-order valence-corrected chi connectivity index (χ0v) is 10.5. The molecule has 1 fully saturated rings. The number of primary amides is 1. The Balaban J connectivity index is 1.88. The van der Waals surface area contributed by atoms with E-state index in [0.29, 0.717) is 6.04 Å². The summed E-state index contributed by atoms with van der Waals surface area (Å²) in [6.07, 6.45) is 3.40. The van der Waals surface area contributed by atoms with E-state index < -0.39 is 4.92 Å². The van der Waals surface area contributed by atoms with Gasteiger partial charge >= 0.3 is 0 Å². The van der Waals surface area contributed by atoms with Crippen LogP contribution in [0.5, 0.6) is 0 Å². The fourth-order valence-corrected chi connectivity index (χ4v) is 2.44. The molecule has 1 saturated carbocycles. The van der Waals surface area contributed by atoms with Gasteiger partial charge in [-0.05, 0) is 37.8 Å². The number of hydrogen-bond donors (Lipinski definition) is 2. The zero-order chi connectivity index (χ0) is 13.8. The number of anilines is 1. The summed E-state index contributed by atoms with van der Waals surface area (Å²) in [6.45, 7) is 0. The average molecular weight is 263 g/mol. The van der Waals surface area contributed by atoms with Gasteiger partial charge in [-0.1, -0.05) is 0 Å². The van der Waals surface area contributed by atoms with Gasteiger partial charge in [-0.15, -0.1) is 0 Å². The number of hydrogen-bond acceptors (Lipinski definition) is 4. The van der Waals surface area contributed by atoms with Gasteiger partial charge in [-0.3, -0.25) is 14.9 Å². The molecule has 1 aliphatic carbocycles. The van der Waals surface area contributed by atoms with Crippen LogP contribution in [0.4, 0.5) is 11.4 Å². The molecule has 0 unspecified atom stereocenters. The highest BCUT2D eigenvalue weighted by atomic mass is 16.6. The molecule has 0 bridgehead atoms. The quantitative estimate of drug-likeness (QED) is 0.641. The monoisotopic (exact) mass is 263 g/mol. The normalized spacial score (nSPS) is 22.7. The maximum Gasteiger partial charge on any atom is 0.269 e. The molecule has 0 aromatic heterocycles. The van der Waals surface area contributed by atoms with Crippen molar-refractivity contribution >= 4 is 17.3 Å². The SMILES string of the molecule is NC(=O)C1CCC(Nc2ccc([N+](=O)[O-])cc2)CC1. The van der Waals surface area contributed by atoms with Gasteiger partial charge < -0.3 is 11.1 Å². The van der Waals surface area contributed by atoms with Gasteiger partial charge in [0.25, 0.3) is 5.69 Å². The van der Waals surface area contributed by atoms with E-state index >= 15 is 0 Å². The lowest BCUT2D eigenvalue weighted by Crippen LogP contribution is -2.32. The molecule has 0 aliphatic heterocycles. The van der Waals surface area contributed by atoms with Crippen molar-refractivity contribution < 1.29 is 9.72 Å². The molecule has 1 aromatic rings. The minimum absolute atomic E-state index is 0.00471. The second-order valence-corrected chi connectivity index (χ2v) is 4.90. The number of carbonyl (C=O) groups excluding carboxylic acids is 1. The van der Waals surface area contributed by atoms with E-state index in [4.69, 9.17) is 5.73 Å². The summed E-state index contributed by atoms with van der Waals surface area (Å²) >= 11 is 0. The molecule has 0 radical (unpaired) electrons. The Bertz CT molecular complexity index is 465. The summed E-state index contributed by atoms with van der Waals surface area (Å²) < 4.78 is 0. The topological polar surface area (TPSA) is 98.3 Å². The highest BCUT2D eigenvalue weighted by Crippen LogP contribution is 2.26. The first-order valence-corrected chi connectivity index (χ1v) is 6.36. The third-order valence-corrected chi connectivity index (χ3v) is 3.58. The Labute approximate surface area is 111 Å². The van der Waals surface area contributed by atoms with Crippen LogP contribution in [0.3, 0.4) is 0 Å². The van der Waals surface area contributed by atoms with Crippen LogP contribution in [0.15, 0.2) is 24.3 Å². The van der Waals surface area contributed by atoms with Crippen molar-refractivity contribution in [2.45, 2.75) is 31.7 Å². The molecule has 2 rings (SSSR count). The number of nitrogens with two attached hydrogens (primary N) is 1. The number of nitrogens with zero attached hydrogens (tertiary/aromatic N) is 1. The van der Waals surface area contributed by atoms with E-state index in [1.165, 1.54) is 12.1 Å². The van der Waals surface area contributed by atoms with Crippen LogP contribution in [-0.2, 0) is 4.79 Å². The maximum absolute atomic E-state index is 11.1. The Morgan fingerprint density at radius 3 is 2.26 bits per heavy atom. The molecule has 0 spiro atoms. The molecule has 3 N–H and O–H groups in total. The molecular weight excluding hydrogens is 246 g/mol. The summed E-state index contributed by atoms with van der Waals surface area (Å²) in [5, 5.41) is 13.9. The van der Waals surface area contributed by atoms with Crippen molar-refractivity contribution in [2.75, 3.05) is 5.32 Å². The van der Waals surface area contributed by atoms with Crippen LogP contribution in [-0.4, -0.2) is 16.9 Å². The van der Waals surface area contributed by atoms with Crippen molar-refractivity contribution in [3.05, 3.63) is 34.4 Å². The van der Waals surface area contributed by atoms with Crippen LogP contribution >= 0.6 is 0 Å². The number of rotatable bonds is 4. The molecule has 0 atom stereocenters. The van der Waals surface area contributed by atoms with E-state index in [1.807, 2.05) is 0 Å². The van der Waals surface area contributed by atoms with Gasteiger partial charge in [0.15, 0.2) is 0 Å². The molecule has 102 valence electrons. The summed E-state index contributed by atoms with van der Waals surface area (Å²) in [5.41, 5.74) is 6.24. The van der Waals surface area contributed by atoms with Crippen molar-refractivity contribution in [1.29, 1.82) is 0 Å². The van der Waals surface area contributed by atoms with Gasteiger partial charge in [-0.25, -0.2) is 0 Å². The van der Waals surface area contributed by atoms with Crippen molar-refractivity contribution in [3.8, 4) is 0 Å². The fourth-order valence-electron chi connectivity index (χ4n) is 2.44. The van der Waals surface area contributed by atoms with Gasteiger partial charge in [0.05, 0.1) is 4.92 Å². The summed E-state index contributed by atoms with van der Waals surface area (Å²) in [4.78, 5) is 21.2. The Hall–Kier alpha value is -2.11. The molecule has 1 aromatic carbocycles. The molecule has 1 amide bonds. The highest BCUT2D eigenvalue weighted by molar-refractivity contribution is 5.76. The third kappa shape index (κ3) is 3.43. The lowest BCUT2D eigenvalue weighted by molar-refractivity contribution is -0.384. The molecule has 6 nitrogen and oxygen atoms in total. The van der Waals surface area contributed by atoms with Gasteiger partial charge in [0.2, 0.25) is 5.91 Å². The summed E-state index contributed by atoms with van der Waals surface area (Å²) in [5.74, 6) is -0.219. The Morgan fingerprint density at radius 2 is 1.79 bits per heavy atom. The highest BCUT2D eigenvalue weighted by Gasteiger charge is 2.24. The lowest BCUT2D eigenvalue weighted by atomic mass is 9.85. The molecule has 0 saturated heterocycles. The first kappa shape index (κ1) is 13.3. The number of non-ortho nitro benzene ring substituents is 1. The van der Waals surface area contributed by atoms with Crippen LogP contribution < -0.4 is 11.1 Å². The number of benzene rings is 1.